The highest BCUT2D eigenvalue weighted by atomic mass is 32.1. The molecule has 0 unspecified atom stereocenters. The van der Waals surface area contributed by atoms with Crippen molar-refractivity contribution in [2.24, 2.45) is 0 Å². The van der Waals surface area contributed by atoms with Crippen molar-refractivity contribution < 1.29 is 0 Å². The maximum absolute atomic E-state index is 2.47. The molecule has 8 aromatic carbocycles. The van der Waals surface area contributed by atoms with Crippen LogP contribution in [-0.2, 0) is 0 Å². The summed E-state index contributed by atoms with van der Waals surface area (Å²) in [7, 11) is 0. The Morgan fingerprint density at radius 2 is 0.679 bits per heavy atom. The van der Waals surface area contributed by atoms with E-state index in [-0.39, 0.29) is 0 Å². The van der Waals surface area contributed by atoms with Gasteiger partial charge in [0.2, 0.25) is 0 Å². The molecule has 4 heteroatoms. The van der Waals surface area contributed by atoms with Gasteiger partial charge in [0.15, 0.2) is 0 Å². The van der Waals surface area contributed by atoms with E-state index >= 15 is 0 Å². The van der Waals surface area contributed by atoms with Gasteiger partial charge < -0.3 is 9.13 Å². The average Bonchev–Trinajstić information content (AvgIpc) is 4.00. The summed E-state index contributed by atoms with van der Waals surface area (Å²) >= 11 is 3.76. The van der Waals surface area contributed by atoms with Crippen LogP contribution < -0.4 is 0 Å². The van der Waals surface area contributed by atoms with Crippen LogP contribution in [0.4, 0.5) is 0 Å². The van der Waals surface area contributed by atoms with Crippen LogP contribution in [0, 0.1) is 0 Å². The SMILES string of the molecule is c1ccc(-c2cccc(-n3c4ccc(-c5ccc6c(c5)c5c7ccccc7sc5n6-c5cccc(-c6ccccc6)c5)cc4c4c5ccccc5sc43)c2)cc1. The molecular formula is C52H32N2S2. The minimum Gasteiger partial charge on any atom is -0.301 e. The van der Waals surface area contributed by atoms with E-state index in [0.717, 1.165) is 0 Å². The van der Waals surface area contributed by atoms with Crippen LogP contribution in [0.3, 0.4) is 0 Å². The Morgan fingerprint density at radius 1 is 0.286 bits per heavy atom. The first kappa shape index (κ1) is 31.6. The maximum atomic E-state index is 2.47. The van der Waals surface area contributed by atoms with E-state index in [0.29, 0.717) is 0 Å². The van der Waals surface area contributed by atoms with Crippen LogP contribution in [0.15, 0.2) is 194 Å². The zero-order valence-electron chi connectivity index (χ0n) is 30.2. The second-order valence-electron chi connectivity index (χ2n) is 14.5. The molecule has 0 bridgehead atoms. The molecule has 262 valence electrons. The van der Waals surface area contributed by atoms with Crippen LogP contribution in [0.2, 0.25) is 0 Å². The molecule has 0 radical (unpaired) electrons. The van der Waals surface area contributed by atoms with Gasteiger partial charge in [-0.15, -0.1) is 22.7 Å². The van der Waals surface area contributed by atoms with Crippen molar-refractivity contribution in [3.05, 3.63) is 194 Å². The number of nitrogens with zero attached hydrogens (tertiary/aromatic N) is 2. The van der Waals surface area contributed by atoms with E-state index in [9.17, 15) is 0 Å². The number of aromatic nitrogens is 2. The summed E-state index contributed by atoms with van der Waals surface area (Å²) in [5, 5.41) is 7.82. The van der Waals surface area contributed by atoms with Gasteiger partial charge in [-0.2, -0.15) is 0 Å². The lowest BCUT2D eigenvalue weighted by atomic mass is 10.00. The number of hydrogen-bond donors (Lipinski definition) is 0. The van der Waals surface area contributed by atoms with Crippen LogP contribution in [0.5, 0.6) is 0 Å². The highest BCUT2D eigenvalue weighted by Gasteiger charge is 2.21. The zero-order chi connectivity index (χ0) is 36.7. The van der Waals surface area contributed by atoms with E-state index in [1.54, 1.807) is 0 Å². The Kier molecular flexibility index (Phi) is 7.00. The molecule has 0 saturated heterocycles. The standard InChI is InChI=1S/C52H32N2S2/c1-3-13-33(14-4-1)35-17-11-19-39(29-35)53-45-27-25-37(31-43(45)49-41-21-7-9-23-47(41)55-51(49)53)38-26-28-46-44(32-38)50-42-22-8-10-24-48(42)56-52(50)54(46)40-20-12-18-36(30-40)34-15-5-2-6-16-34/h1-32H. The fraction of sp³-hybridized carbons (Fsp3) is 0. The highest BCUT2D eigenvalue weighted by Crippen LogP contribution is 2.46. The fourth-order valence-corrected chi connectivity index (χ4v) is 11.3. The monoisotopic (exact) mass is 748 g/mol. The molecule has 4 heterocycles. The highest BCUT2D eigenvalue weighted by molar-refractivity contribution is 7.26. The van der Waals surface area contributed by atoms with Gasteiger partial charge >= 0.3 is 0 Å². The summed E-state index contributed by atoms with van der Waals surface area (Å²) < 4.78 is 7.56. The quantitative estimate of drug-likeness (QED) is 0.166. The molecule has 4 aromatic heterocycles. The van der Waals surface area contributed by atoms with Gasteiger partial charge in [0.1, 0.15) is 9.66 Å². The van der Waals surface area contributed by atoms with E-state index in [4.69, 9.17) is 0 Å². The third kappa shape index (κ3) is 4.80. The molecule has 0 atom stereocenters. The van der Waals surface area contributed by atoms with E-state index in [1.807, 2.05) is 22.7 Å². The third-order valence-corrected chi connectivity index (χ3v) is 13.6. The molecule has 0 saturated carbocycles. The largest absolute Gasteiger partial charge is 0.301 e. The molecule has 0 aliphatic carbocycles. The number of hydrogen-bond acceptors (Lipinski definition) is 2. The van der Waals surface area contributed by atoms with Crippen molar-refractivity contribution in [2.45, 2.75) is 0 Å². The summed E-state index contributed by atoms with van der Waals surface area (Å²) in [5.41, 5.74) is 12.1. The molecule has 12 rings (SSSR count). The van der Waals surface area contributed by atoms with Gasteiger partial charge in [-0.1, -0.05) is 133 Å². The lowest BCUT2D eigenvalue weighted by molar-refractivity contribution is 1.19. The average molecular weight is 749 g/mol. The Hall–Kier alpha value is -6.72. The van der Waals surface area contributed by atoms with Crippen molar-refractivity contribution in [3.63, 3.8) is 0 Å². The van der Waals surface area contributed by atoms with Gasteiger partial charge in [0.05, 0.1) is 11.0 Å². The molecule has 2 nitrogen and oxygen atoms in total. The summed E-state index contributed by atoms with van der Waals surface area (Å²) in [5.74, 6) is 0. The first-order valence-electron chi connectivity index (χ1n) is 19.0. The second-order valence-corrected chi connectivity index (χ2v) is 16.6. The molecule has 12 aromatic rings. The lowest BCUT2D eigenvalue weighted by Gasteiger charge is -2.11. The van der Waals surface area contributed by atoms with Gasteiger partial charge in [-0.25, -0.2) is 0 Å². The third-order valence-electron chi connectivity index (χ3n) is 11.3. The Morgan fingerprint density at radius 3 is 1.14 bits per heavy atom. The number of rotatable bonds is 5. The van der Waals surface area contributed by atoms with E-state index < -0.39 is 0 Å². The van der Waals surface area contributed by atoms with Crippen LogP contribution in [-0.4, -0.2) is 9.13 Å². The summed E-state index contributed by atoms with van der Waals surface area (Å²) in [6.45, 7) is 0. The smallest absolute Gasteiger partial charge is 0.109 e. The van der Waals surface area contributed by atoms with Crippen molar-refractivity contribution in [3.8, 4) is 44.8 Å². The summed E-state index contributed by atoms with van der Waals surface area (Å²) in [6.07, 6.45) is 0. The molecule has 0 amide bonds. The van der Waals surface area contributed by atoms with Crippen molar-refractivity contribution >= 4 is 85.1 Å². The van der Waals surface area contributed by atoms with Gasteiger partial charge in [-0.3, -0.25) is 0 Å². The summed E-state index contributed by atoms with van der Waals surface area (Å²) in [6, 6.07) is 71.2. The topological polar surface area (TPSA) is 9.86 Å². The predicted octanol–water partition coefficient (Wildman–Crippen LogP) is 15.3. The van der Waals surface area contributed by atoms with Crippen LogP contribution in [0.1, 0.15) is 0 Å². The van der Waals surface area contributed by atoms with Crippen molar-refractivity contribution in [2.75, 3.05) is 0 Å². The molecule has 0 aliphatic rings. The Balaban J connectivity index is 1.07. The van der Waals surface area contributed by atoms with Crippen LogP contribution >= 0.6 is 22.7 Å². The number of thiophene rings is 2. The lowest BCUT2D eigenvalue weighted by Crippen LogP contribution is -1.94. The number of benzene rings is 8. The van der Waals surface area contributed by atoms with E-state index in [2.05, 4.69) is 203 Å². The minimum atomic E-state index is 1.18. The first-order valence-corrected chi connectivity index (χ1v) is 20.6. The van der Waals surface area contributed by atoms with Gasteiger partial charge in [0, 0.05) is 53.1 Å². The molecule has 0 fully saturated rings. The minimum absolute atomic E-state index is 1.18. The Labute approximate surface area is 331 Å². The van der Waals surface area contributed by atoms with Crippen molar-refractivity contribution in [1.29, 1.82) is 0 Å². The van der Waals surface area contributed by atoms with Crippen molar-refractivity contribution in [1.82, 2.24) is 9.13 Å². The second kappa shape index (κ2) is 12.4. The molecule has 0 aliphatic heterocycles. The van der Waals surface area contributed by atoms with Gasteiger partial charge in [0.25, 0.3) is 0 Å². The maximum Gasteiger partial charge on any atom is 0.109 e. The zero-order valence-corrected chi connectivity index (χ0v) is 31.8. The van der Waals surface area contributed by atoms with Gasteiger partial charge in [-0.05, 0) is 94.0 Å². The number of fused-ring (bicyclic) bond motifs is 10. The Bertz CT molecular complexity index is 3240. The molecule has 0 spiro atoms. The fourth-order valence-electron chi connectivity index (χ4n) is 8.76. The summed E-state index contributed by atoms with van der Waals surface area (Å²) in [4.78, 5) is 2.56. The molecule has 56 heavy (non-hydrogen) atoms. The van der Waals surface area contributed by atoms with E-state index in [1.165, 1.54) is 107 Å². The molecular weight excluding hydrogens is 717 g/mol. The normalized spacial score (nSPS) is 11.9. The van der Waals surface area contributed by atoms with Crippen LogP contribution in [0.25, 0.3) is 107 Å². The first-order chi connectivity index (χ1) is 27.8. The predicted molar refractivity (Wildman–Crippen MR) is 242 cm³/mol. The molecule has 0 N–H and O–H groups in total.